The number of likely N-dealkylation sites (N-methyl/N-ethyl adjacent to an activating group) is 2. The number of rotatable bonds is 6. The number of carbonyl (C=O) groups is 1. The fourth-order valence-corrected chi connectivity index (χ4v) is 2.71. The first-order valence-electron chi connectivity index (χ1n) is 8.54. The number of benzene rings is 1. The predicted octanol–water partition coefficient (Wildman–Crippen LogP) is 2.22. The molecular formula is C20H22N4O3. The summed E-state index contributed by atoms with van der Waals surface area (Å²) in [6.45, 7) is 0.946. The summed E-state index contributed by atoms with van der Waals surface area (Å²) in [6.07, 6.45) is 3.10. The van der Waals surface area contributed by atoms with Crippen LogP contribution in [-0.4, -0.2) is 53.4 Å². The van der Waals surface area contributed by atoms with Crippen LogP contribution >= 0.6 is 0 Å². The van der Waals surface area contributed by atoms with Crippen LogP contribution in [0.5, 0.6) is 0 Å². The summed E-state index contributed by atoms with van der Waals surface area (Å²) in [5, 5.41) is 0. The fraction of sp³-hybridized carbons (Fsp3) is 0.250. The van der Waals surface area contributed by atoms with Crippen molar-refractivity contribution >= 4 is 5.91 Å². The molecule has 0 saturated carbocycles. The zero-order valence-corrected chi connectivity index (χ0v) is 15.6. The van der Waals surface area contributed by atoms with Crippen LogP contribution in [0.25, 0.3) is 22.6 Å². The molecule has 0 saturated heterocycles. The van der Waals surface area contributed by atoms with E-state index in [0.29, 0.717) is 24.6 Å². The molecule has 1 N–H and O–H groups in total. The number of carbonyl (C=O) groups excluding carboxylic acids is 1. The summed E-state index contributed by atoms with van der Waals surface area (Å²) in [7, 11) is 5.38. The zero-order valence-electron chi connectivity index (χ0n) is 15.6. The van der Waals surface area contributed by atoms with Crippen LogP contribution in [-0.2, 0) is 11.3 Å². The maximum atomic E-state index is 12.1. The lowest BCUT2D eigenvalue weighted by Gasteiger charge is -2.19. The number of H-pyrrole nitrogens is 1. The number of amides is 1. The van der Waals surface area contributed by atoms with Gasteiger partial charge in [0.2, 0.25) is 5.91 Å². The van der Waals surface area contributed by atoms with Crippen LogP contribution in [0.2, 0.25) is 0 Å². The van der Waals surface area contributed by atoms with Crippen molar-refractivity contribution in [2.75, 3.05) is 27.7 Å². The maximum absolute atomic E-state index is 12.1. The maximum Gasteiger partial charge on any atom is 0.251 e. The van der Waals surface area contributed by atoms with Gasteiger partial charge in [-0.3, -0.25) is 14.5 Å². The molecular weight excluding hydrogens is 344 g/mol. The quantitative estimate of drug-likeness (QED) is 0.723. The fourth-order valence-electron chi connectivity index (χ4n) is 2.71. The van der Waals surface area contributed by atoms with Crippen molar-refractivity contribution in [2.24, 2.45) is 0 Å². The third kappa shape index (κ3) is 4.71. The predicted molar refractivity (Wildman–Crippen MR) is 103 cm³/mol. The van der Waals surface area contributed by atoms with Crippen molar-refractivity contribution in [2.45, 2.75) is 6.54 Å². The molecule has 0 fully saturated rings. The molecule has 1 aromatic carbocycles. The number of nitrogens with one attached hydrogen (secondary N) is 1. The van der Waals surface area contributed by atoms with E-state index in [1.54, 1.807) is 37.6 Å². The Morgan fingerprint density at radius 2 is 1.96 bits per heavy atom. The molecule has 0 aliphatic rings. The number of aromatic amines is 1. The van der Waals surface area contributed by atoms with Gasteiger partial charge >= 0.3 is 0 Å². The summed E-state index contributed by atoms with van der Waals surface area (Å²) < 4.78 is 5.08. The first-order valence-corrected chi connectivity index (χ1v) is 8.54. The lowest BCUT2D eigenvalue weighted by molar-refractivity contribution is -0.129. The highest BCUT2D eigenvalue weighted by Gasteiger charge is 2.11. The van der Waals surface area contributed by atoms with Crippen molar-refractivity contribution in [3.63, 3.8) is 0 Å². The number of hydrogen-bond acceptors (Lipinski definition) is 5. The van der Waals surface area contributed by atoms with Gasteiger partial charge in [0, 0.05) is 37.8 Å². The van der Waals surface area contributed by atoms with Crippen molar-refractivity contribution in [3.8, 4) is 22.6 Å². The topological polar surface area (TPSA) is 82.4 Å². The van der Waals surface area contributed by atoms with Crippen LogP contribution in [0.3, 0.4) is 0 Å². The molecule has 0 atom stereocenters. The highest BCUT2D eigenvalue weighted by molar-refractivity contribution is 5.77. The molecule has 2 heterocycles. The normalized spacial score (nSPS) is 11.0. The molecule has 3 aromatic rings. The van der Waals surface area contributed by atoms with E-state index in [9.17, 15) is 9.59 Å². The van der Waals surface area contributed by atoms with Crippen molar-refractivity contribution in [1.82, 2.24) is 19.8 Å². The van der Waals surface area contributed by atoms with Gasteiger partial charge in [-0.05, 0) is 24.7 Å². The van der Waals surface area contributed by atoms with Crippen LogP contribution in [0, 0.1) is 0 Å². The molecule has 0 aliphatic heterocycles. The zero-order chi connectivity index (χ0) is 19.4. The lowest BCUT2D eigenvalue weighted by Crippen LogP contribution is -2.34. The molecule has 27 heavy (non-hydrogen) atoms. The molecule has 0 aliphatic carbocycles. The minimum Gasteiger partial charge on any atom is -0.472 e. The smallest absolute Gasteiger partial charge is 0.251 e. The van der Waals surface area contributed by atoms with Gasteiger partial charge in [-0.1, -0.05) is 18.2 Å². The minimum atomic E-state index is -0.227. The summed E-state index contributed by atoms with van der Waals surface area (Å²) in [5.74, 6) is 0.542. The summed E-state index contributed by atoms with van der Waals surface area (Å²) in [5.41, 5.74) is 2.91. The van der Waals surface area contributed by atoms with Gasteiger partial charge in [0.25, 0.3) is 5.56 Å². The third-order valence-corrected chi connectivity index (χ3v) is 4.12. The van der Waals surface area contributed by atoms with E-state index in [-0.39, 0.29) is 11.5 Å². The Kier molecular flexibility index (Phi) is 5.52. The third-order valence-electron chi connectivity index (χ3n) is 4.12. The Morgan fingerprint density at radius 1 is 1.15 bits per heavy atom. The van der Waals surface area contributed by atoms with Gasteiger partial charge in [0.15, 0.2) is 0 Å². The van der Waals surface area contributed by atoms with Crippen LogP contribution in [0.1, 0.15) is 5.56 Å². The van der Waals surface area contributed by atoms with Crippen molar-refractivity contribution in [1.29, 1.82) is 0 Å². The van der Waals surface area contributed by atoms with Gasteiger partial charge in [0.05, 0.1) is 24.8 Å². The molecule has 7 heteroatoms. The monoisotopic (exact) mass is 366 g/mol. The molecule has 0 unspecified atom stereocenters. The van der Waals surface area contributed by atoms with Crippen LogP contribution < -0.4 is 5.56 Å². The Labute approximate surface area is 157 Å². The summed E-state index contributed by atoms with van der Waals surface area (Å²) in [6, 6.07) is 11.0. The molecule has 0 radical (unpaired) electrons. The lowest BCUT2D eigenvalue weighted by atomic mass is 10.1. The number of nitrogens with zero attached hydrogens (tertiary/aromatic N) is 3. The largest absolute Gasteiger partial charge is 0.472 e. The van der Waals surface area contributed by atoms with Crippen LogP contribution in [0.4, 0.5) is 0 Å². The molecule has 1 amide bonds. The SMILES string of the molecule is CN(CC(=O)N(C)C)Cc1cccc(-c2nc(-c3ccoc3)cc(=O)[nH]2)c1. The van der Waals surface area contributed by atoms with E-state index in [4.69, 9.17) is 4.42 Å². The molecule has 3 rings (SSSR count). The van der Waals surface area contributed by atoms with E-state index < -0.39 is 0 Å². The molecule has 0 bridgehead atoms. The second-order valence-corrected chi connectivity index (χ2v) is 6.65. The Morgan fingerprint density at radius 3 is 2.67 bits per heavy atom. The van der Waals surface area contributed by atoms with E-state index in [2.05, 4.69) is 9.97 Å². The van der Waals surface area contributed by atoms with Gasteiger partial charge in [-0.15, -0.1) is 0 Å². The highest BCUT2D eigenvalue weighted by Crippen LogP contribution is 2.21. The Hall–Kier alpha value is -3.19. The summed E-state index contributed by atoms with van der Waals surface area (Å²) >= 11 is 0. The Bertz CT molecular complexity index is 977. The second kappa shape index (κ2) is 8.01. The average molecular weight is 366 g/mol. The van der Waals surface area contributed by atoms with Crippen molar-refractivity contribution < 1.29 is 9.21 Å². The molecule has 0 spiro atoms. The second-order valence-electron chi connectivity index (χ2n) is 6.65. The van der Waals surface area contributed by atoms with E-state index in [1.165, 1.54) is 6.07 Å². The number of aromatic nitrogens is 2. The van der Waals surface area contributed by atoms with Crippen LogP contribution in [0.15, 0.2) is 58.1 Å². The first kappa shape index (κ1) is 18.6. The number of furan rings is 1. The molecule has 7 nitrogen and oxygen atoms in total. The van der Waals surface area contributed by atoms with E-state index in [1.807, 2.05) is 36.2 Å². The van der Waals surface area contributed by atoms with Gasteiger partial charge in [0.1, 0.15) is 5.82 Å². The molecule has 140 valence electrons. The standard InChI is InChI=1S/C20H22N4O3/c1-23(2)19(26)12-24(3)11-14-5-4-6-15(9-14)20-21-17(10-18(25)22-20)16-7-8-27-13-16/h4-10,13H,11-12H2,1-3H3,(H,21,22,25). The van der Waals surface area contributed by atoms with Gasteiger partial charge in [-0.2, -0.15) is 0 Å². The van der Waals surface area contributed by atoms with Gasteiger partial charge in [-0.25, -0.2) is 4.98 Å². The highest BCUT2D eigenvalue weighted by atomic mass is 16.3. The number of hydrogen-bond donors (Lipinski definition) is 1. The first-order chi connectivity index (χ1) is 12.9. The molecule has 2 aromatic heterocycles. The van der Waals surface area contributed by atoms with E-state index >= 15 is 0 Å². The van der Waals surface area contributed by atoms with Gasteiger partial charge < -0.3 is 14.3 Å². The Balaban J connectivity index is 1.83. The van der Waals surface area contributed by atoms with Crippen molar-refractivity contribution in [3.05, 3.63) is 64.8 Å². The average Bonchev–Trinajstić information content (AvgIpc) is 3.16. The van der Waals surface area contributed by atoms with E-state index in [0.717, 1.165) is 16.7 Å². The minimum absolute atomic E-state index is 0.0486. The summed E-state index contributed by atoms with van der Waals surface area (Å²) in [4.78, 5) is 34.7.